The van der Waals surface area contributed by atoms with Gasteiger partial charge in [0, 0.05) is 17.1 Å². The number of rotatable bonds is 8. The number of sulfonamides is 1. The number of aromatic nitrogens is 2. The van der Waals surface area contributed by atoms with Crippen LogP contribution in [-0.2, 0) is 21.9 Å². The fourth-order valence-corrected chi connectivity index (χ4v) is 6.13. The average molecular weight is 626 g/mol. The summed E-state index contributed by atoms with van der Waals surface area (Å²) in [5.41, 5.74) is 3.12. The van der Waals surface area contributed by atoms with Crippen LogP contribution in [0.4, 0.5) is 5.69 Å². The number of hydrogen-bond acceptors (Lipinski definition) is 7. The highest BCUT2D eigenvalue weighted by Gasteiger charge is 2.33. The highest BCUT2D eigenvalue weighted by molar-refractivity contribution is 9.10. The Bertz CT molecular complexity index is 1770. The van der Waals surface area contributed by atoms with E-state index in [1.807, 2.05) is 6.07 Å². The zero-order valence-electron chi connectivity index (χ0n) is 21.4. The minimum atomic E-state index is -4.31. The molecule has 0 fully saturated rings. The Morgan fingerprint density at radius 3 is 2.38 bits per heavy atom. The Balaban J connectivity index is 1.49. The van der Waals surface area contributed by atoms with Crippen LogP contribution in [0.1, 0.15) is 11.3 Å². The minimum absolute atomic E-state index is 0.0653. The molecule has 1 N–H and O–H groups in total. The van der Waals surface area contributed by atoms with Crippen molar-refractivity contribution in [1.82, 2.24) is 14.8 Å². The summed E-state index contributed by atoms with van der Waals surface area (Å²) in [5.74, 6) is 0.362. The molecule has 0 aliphatic carbocycles. The Kier molecular flexibility index (Phi) is 7.50. The highest BCUT2D eigenvalue weighted by atomic mass is 79.9. The van der Waals surface area contributed by atoms with E-state index in [4.69, 9.17) is 9.47 Å². The van der Waals surface area contributed by atoms with Crippen LogP contribution >= 0.6 is 15.9 Å². The van der Waals surface area contributed by atoms with E-state index in [2.05, 4.69) is 26.5 Å². The van der Waals surface area contributed by atoms with Crippen LogP contribution in [0.25, 0.3) is 5.69 Å². The summed E-state index contributed by atoms with van der Waals surface area (Å²) in [6.07, 6.45) is 1.39. The van der Waals surface area contributed by atoms with Gasteiger partial charge in [0.1, 0.15) is 12.2 Å². The van der Waals surface area contributed by atoms with E-state index >= 15 is 0 Å². The third-order valence-corrected chi connectivity index (χ3v) is 8.72. The van der Waals surface area contributed by atoms with Crippen LogP contribution in [0.15, 0.2) is 92.1 Å². The van der Waals surface area contributed by atoms with Gasteiger partial charge in [-0.3, -0.25) is 14.3 Å². The molecule has 0 bridgehead atoms. The molecule has 0 spiro atoms. The van der Waals surface area contributed by atoms with Gasteiger partial charge in [-0.2, -0.15) is 5.10 Å². The second kappa shape index (κ2) is 11.0. The maximum absolute atomic E-state index is 13.8. The van der Waals surface area contributed by atoms with E-state index in [1.165, 1.54) is 23.0 Å². The van der Waals surface area contributed by atoms with Crippen molar-refractivity contribution >= 4 is 43.8 Å². The number of amides is 1. The molecule has 40 heavy (non-hydrogen) atoms. The molecule has 3 aromatic carbocycles. The third kappa shape index (κ3) is 5.12. The zero-order chi connectivity index (χ0) is 28.4. The van der Waals surface area contributed by atoms with Gasteiger partial charge in [0.25, 0.3) is 21.5 Å². The second-order valence-electron chi connectivity index (χ2n) is 8.76. The number of fused-ring (bicyclic) bond motifs is 1. The molecular weight excluding hydrogens is 602 g/mol. The molecule has 13 heteroatoms. The van der Waals surface area contributed by atoms with E-state index in [9.17, 15) is 18.0 Å². The standard InChI is InChI=1S/C27H24BrN5O6S/c1-18-26(27(35)33(31(18)2)20-9-5-3-6-10-20)32(40(36,37)21-11-7-4-8-12-21)16-25(34)30-29-15-19-13-23-24(14-22(19)28)39-17-38-23/h3-15H,16-17H2,1-2H3,(H,30,34)/b29-15-. The number of nitrogens with one attached hydrogen (secondary N) is 1. The van der Waals surface area contributed by atoms with E-state index in [-0.39, 0.29) is 17.4 Å². The monoisotopic (exact) mass is 625 g/mol. The topological polar surface area (TPSA) is 124 Å². The summed E-state index contributed by atoms with van der Waals surface area (Å²) in [6, 6.07) is 19.8. The highest BCUT2D eigenvalue weighted by Crippen LogP contribution is 2.36. The Morgan fingerprint density at radius 2 is 1.70 bits per heavy atom. The first-order valence-corrected chi connectivity index (χ1v) is 14.2. The summed E-state index contributed by atoms with van der Waals surface area (Å²) in [4.78, 5) is 26.7. The first-order chi connectivity index (χ1) is 19.2. The molecule has 0 unspecified atom stereocenters. The lowest BCUT2D eigenvalue weighted by atomic mass is 10.2. The maximum Gasteiger partial charge on any atom is 0.296 e. The Morgan fingerprint density at radius 1 is 1.07 bits per heavy atom. The van der Waals surface area contributed by atoms with Crippen LogP contribution in [0.5, 0.6) is 11.5 Å². The van der Waals surface area contributed by atoms with Crippen molar-refractivity contribution in [3.8, 4) is 17.2 Å². The molecule has 1 aliphatic heterocycles. The lowest BCUT2D eigenvalue weighted by molar-refractivity contribution is -0.119. The molecule has 206 valence electrons. The molecule has 1 aliphatic rings. The number of nitrogens with zero attached hydrogens (tertiary/aromatic N) is 4. The smallest absolute Gasteiger partial charge is 0.296 e. The van der Waals surface area contributed by atoms with Gasteiger partial charge in [0.15, 0.2) is 11.5 Å². The summed E-state index contributed by atoms with van der Waals surface area (Å²) >= 11 is 3.42. The molecule has 0 atom stereocenters. The lowest BCUT2D eigenvalue weighted by Gasteiger charge is -2.22. The zero-order valence-corrected chi connectivity index (χ0v) is 23.8. The van der Waals surface area contributed by atoms with E-state index < -0.39 is 28.0 Å². The molecule has 0 radical (unpaired) electrons. The SMILES string of the molecule is Cc1c(N(CC(=O)N/N=C\c2cc3c(cc2Br)OCO3)S(=O)(=O)c2ccccc2)c(=O)n(-c2ccccc2)n1C. The lowest BCUT2D eigenvalue weighted by Crippen LogP contribution is -2.42. The van der Waals surface area contributed by atoms with Crippen LogP contribution < -0.4 is 24.8 Å². The number of carbonyl (C=O) groups is 1. The van der Waals surface area contributed by atoms with Gasteiger partial charge in [0.2, 0.25) is 6.79 Å². The van der Waals surface area contributed by atoms with Crippen molar-refractivity contribution in [3.05, 3.63) is 98.9 Å². The molecule has 4 aromatic rings. The first-order valence-electron chi connectivity index (χ1n) is 12.0. The molecule has 2 heterocycles. The van der Waals surface area contributed by atoms with Gasteiger partial charge in [-0.05, 0) is 59.3 Å². The summed E-state index contributed by atoms with van der Waals surface area (Å²) in [5, 5.41) is 3.98. The number of anilines is 1. The van der Waals surface area contributed by atoms with Crippen molar-refractivity contribution < 1.29 is 22.7 Å². The van der Waals surface area contributed by atoms with Gasteiger partial charge >= 0.3 is 0 Å². The van der Waals surface area contributed by atoms with E-state index in [0.717, 1.165) is 4.31 Å². The summed E-state index contributed by atoms with van der Waals surface area (Å²) in [7, 11) is -2.67. The molecular formula is C27H24BrN5O6S. The number of benzene rings is 3. The van der Waals surface area contributed by atoms with Gasteiger partial charge in [0.05, 0.1) is 22.5 Å². The third-order valence-electron chi connectivity index (χ3n) is 6.28. The van der Waals surface area contributed by atoms with Crippen molar-refractivity contribution in [2.75, 3.05) is 17.6 Å². The predicted molar refractivity (Wildman–Crippen MR) is 153 cm³/mol. The van der Waals surface area contributed by atoms with Crippen LogP contribution in [0.3, 0.4) is 0 Å². The largest absolute Gasteiger partial charge is 0.454 e. The number of carbonyl (C=O) groups excluding carboxylic acids is 1. The normalized spacial score (nSPS) is 12.6. The van der Waals surface area contributed by atoms with Gasteiger partial charge < -0.3 is 9.47 Å². The van der Waals surface area contributed by atoms with Crippen molar-refractivity contribution in [1.29, 1.82) is 0 Å². The quantitative estimate of drug-likeness (QED) is 0.237. The Labute approximate surface area is 238 Å². The molecule has 11 nitrogen and oxygen atoms in total. The Hall–Kier alpha value is -4.36. The maximum atomic E-state index is 13.8. The van der Waals surface area contributed by atoms with Gasteiger partial charge in [-0.25, -0.2) is 22.8 Å². The van der Waals surface area contributed by atoms with Crippen molar-refractivity contribution in [2.24, 2.45) is 12.1 Å². The second-order valence-corrected chi connectivity index (χ2v) is 11.5. The molecule has 5 rings (SSSR count). The number of hydrogen-bond donors (Lipinski definition) is 1. The molecule has 0 saturated heterocycles. The predicted octanol–water partition coefficient (Wildman–Crippen LogP) is 3.32. The van der Waals surface area contributed by atoms with Crippen LogP contribution in [-0.4, -0.2) is 43.2 Å². The molecule has 0 saturated carbocycles. The van der Waals surface area contributed by atoms with Crippen molar-refractivity contribution in [2.45, 2.75) is 11.8 Å². The number of hydrazone groups is 1. The number of halogens is 1. The fourth-order valence-electron chi connectivity index (χ4n) is 4.22. The van der Waals surface area contributed by atoms with Gasteiger partial charge in [-0.1, -0.05) is 36.4 Å². The molecule has 1 aromatic heterocycles. The van der Waals surface area contributed by atoms with E-state index in [1.54, 1.807) is 73.3 Å². The van der Waals surface area contributed by atoms with Gasteiger partial charge in [-0.15, -0.1) is 0 Å². The summed E-state index contributed by atoms with van der Waals surface area (Å²) in [6.45, 7) is 1.04. The van der Waals surface area contributed by atoms with Crippen LogP contribution in [0.2, 0.25) is 0 Å². The first kappa shape index (κ1) is 27.2. The number of para-hydroxylation sites is 1. The molecule has 1 amide bonds. The van der Waals surface area contributed by atoms with Crippen molar-refractivity contribution in [3.63, 3.8) is 0 Å². The average Bonchev–Trinajstić information content (AvgIpc) is 3.49. The van der Waals surface area contributed by atoms with E-state index in [0.29, 0.717) is 32.9 Å². The summed E-state index contributed by atoms with van der Waals surface area (Å²) < 4.78 is 42.7. The van der Waals surface area contributed by atoms with Crippen LogP contribution in [0, 0.1) is 6.92 Å². The minimum Gasteiger partial charge on any atom is -0.454 e. The number of ether oxygens (including phenoxy) is 2. The fraction of sp³-hybridized carbons (Fsp3) is 0.148.